The molecule has 0 saturated carbocycles. The molecule has 0 aliphatic carbocycles. The van der Waals surface area contributed by atoms with E-state index in [1.54, 1.807) is 40.5 Å². The maximum atomic E-state index is 5.90. The Kier molecular flexibility index (Phi) is 5.00. The molecular formula is C24H18ClN7OS. The molecule has 34 heavy (non-hydrogen) atoms. The average molecular weight is 488 g/mol. The molecule has 6 rings (SSSR count). The first-order valence-electron chi connectivity index (χ1n) is 10.6. The summed E-state index contributed by atoms with van der Waals surface area (Å²) < 4.78 is 4.91. The van der Waals surface area contributed by atoms with Gasteiger partial charge >= 0.3 is 0 Å². The van der Waals surface area contributed by atoms with Crippen molar-refractivity contribution < 1.29 is 4.84 Å². The van der Waals surface area contributed by atoms with E-state index in [2.05, 4.69) is 34.7 Å². The fraction of sp³-hybridized carbons (Fsp3) is 0.125. The third-order valence-corrected chi connectivity index (χ3v) is 6.96. The number of para-hydroxylation sites is 1. The number of benzene rings is 2. The Morgan fingerprint density at radius 2 is 1.88 bits per heavy atom. The van der Waals surface area contributed by atoms with Crippen LogP contribution in [0.3, 0.4) is 0 Å². The first-order chi connectivity index (χ1) is 16.6. The SMILES string of the molecule is Cc1c(C)n(-c2nc3ccccc3s2)c2ncn3nc(CON=Cc4ccc(Cl)cc4)nc3c12. The van der Waals surface area contributed by atoms with Gasteiger partial charge in [-0.05, 0) is 49.2 Å². The molecule has 4 aromatic heterocycles. The van der Waals surface area contributed by atoms with Crippen LogP contribution in [0.25, 0.3) is 32.0 Å². The first kappa shape index (κ1) is 20.8. The Morgan fingerprint density at radius 1 is 1.06 bits per heavy atom. The normalized spacial score (nSPS) is 12.0. The van der Waals surface area contributed by atoms with Crippen LogP contribution < -0.4 is 0 Å². The molecule has 0 N–H and O–H groups in total. The summed E-state index contributed by atoms with van der Waals surface area (Å²) in [6.07, 6.45) is 3.30. The average Bonchev–Trinajstić information content (AvgIpc) is 3.52. The minimum absolute atomic E-state index is 0.143. The minimum Gasteiger partial charge on any atom is -0.387 e. The number of thiazole rings is 1. The van der Waals surface area contributed by atoms with Crippen molar-refractivity contribution in [2.45, 2.75) is 20.5 Å². The van der Waals surface area contributed by atoms with Crippen LogP contribution in [0.5, 0.6) is 0 Å². The predicted octanol–water partition coefficient (Wildman–Crippen LogP) is 5.50. The highest BCUT2D eigenvalue weighted by atomic mass is 35.5. The van der Waals surface area contributed by atoms with E-state index in [-0.39, 0.29) is 6.61 Å². The topological polar surface area (TPSA) is 82.5 Å². The molecular weight excluding hydrogens is 470 g/mol. The molecule has 0 saturated heterocycles. The molecule has 0 aliphatic rings. The molecule has 0 aliphatic heterocycles. The molecule has 0 fully saturated rings. The molecule has 0 unspecified atom stereocenters. The van der Waals surface area contributed by atoms with Crippen molar-refractivity contribution in [3.05, 3.63) is 82.5 Å². The molecule has 0 spiro atoms. The lowest BCUT2D eigenvalue weighted by molar-refractivity contribution is 0.126. The lowest BCUT2D eigenvalue weighted by Crippen LogP contribution is -1.98. The maximum Gasteiger partial charge on any atom is 0.196 e. The molecule has 2 aromatic carbocycles. The van der Waals surface area contributed by atoms with E-state index in [9.17, 15) is 0 Å². The predicted molar refractivity (Wildman–Crippen MR) is 134 cm³/mol. The molecule has 8 nitrogen and oxygen atoms in total. The van der Waals surface area contributed by atoms with Crippen molar-refractivity contribution in [2.24, 2.45) is 5.16 Å². The van der Waals surface area contributed by atoms with E-state index in [1.807, 2.05) is 30.3 Å². The van der Waals surface area contributed by atoms with Crippen LogP contribution in [0.1, 0.15) is 22.6 Å². The van der Waals surface area contributed by atoms with E-state index >= 15 is 0 Å². The van der Waals surface area contributed by atoms with Gasteiger partial charge in [0.15, 0.2) is 28.9 Å². The van der Waals surface area contributed by atoms with Gasteiger partial charge in [-0.15, -0.1) is 5.10 Å². The van der Waals surface area contributed by atoms with Gasteiger partial charge in [0.2, 0.25) is 0 Å². The third-order valence-electron chi connectivity index (χ3n) is 5.69. The van der Waals surface area contributed by atoms with Gasteiger partial charge in [0, 0.05) is 10.7 Å². The standard InChI is InChI=1S/C24H18ClN7OS/c1-14-15(2)32(24-28-18-5-3-4-6-19(18)34-24)22-21(14)23-29-20(30-31(23)13-26-22)12-33-27-11-16-7-9-17(25)10-8-16/h3-11,13H,12H2,1-2H3. The highest BCUT2D eigenvalue weighted by Crippen LogP contribution is 2.33. The van der Waals surface area contributed by atoms with E-state index in [0.29, 0.717) is 10.8 Å². The number of oxime groups is 1. The van der Waals surface area contributed by atoms with E-state index in [1.165, 1.54) is 0 Å². The summed E-state index contributed by atoms with van der Waals surface area (Å²) in [5, 5.41) is 11.0. The van der Waals surface area contributed by atoms with Crippen LogP contribution in [0, 0.1) is 13.8 Å². The molecule has 6 aromatic rings. The van der Waals surface area contributed by atoms with Gasteiger partial charge in [-0.1, -0.05) is 52.4 Å². The molecule has 10 heteroatoms. The van der Waals surface area contributed by atoms with Gasteiger partial charge in [-0.3, -0.25) is 4.57 Å². The van der Waals surface area contributed by atoms with Crippen LogP contribution in [0.4, 0.5) is 0 Å². The first-order valence-corrected chi connectivity index (χ1v) is 11.8. The lowest BCUT2D eigenvalue weighted by Gasteiger charge is -2.02. The molecule has 0 bridgehead atoms. The summed E-state index contributed by atoms with van der Waals surface area (Å²) in [5.74, 6) is 0.521. The van der Waals surface area contributed by atoms with Crippen molar-refractivity contribution in [1.29, 1.82) is 0 Å². The van der Waals surface area contributed by atoms with Gasteiger partial charge in [-0.25, -0.2) is 19.5 Å². The maximum absolute atomic E-state index is 5.90. The van der Waals surface area contributed by atoms with Gasteiger partial charge < -0.3 is 4.84 Å². The summed E-state index contributed by atoms with van der Waals surface area (Å²) in [6, 6.07) is 15.5. The zero-order valence-electron chi connectivity index (χ0n) is 18.3. The van der Waals surface area contributed by atoms with Crippen molar-refractivity contribution in [3.8, 4) is 5.13 Å². The van der Waals surface area contributed by atoms with Crippen LogP contribution >= 0.6 is 22.9 Å². The zero-order chi connectivity index (χ0) is 23.2. The zero-order valence-corrected chi connectivity index (χ0v) is 19.9. The van der Waals surface area contributed by atoms with Crippen molar-refractivity contribution >= 4 is 56.0 Å². The fourth-order valence-corrected chi connectivity index (χ4v) is 5.04. The fourth-order valence-electron chi connectivity index (χ4n) is 3.90. The number of aromatic nitrogens is 6. The smallest absolute Gasteiger partial charge is 0.196 e. The number of hydrogen-bond donors (Lipinski definition) is 0. The van der Waals surface area contributed by atoms with Crippen molar-refractivity contribution in [1.82, 2.24) is 29.1 Å². The van der Waals surface area contributed by atoms with Gasteiger partial charge in [0.25, 0.3) is 0 Å². The van der Waals surface area contributed by atoms with Crippen LogP contribution in [-0.2, 0) is 11.4 Å². The Hall–Kier alpha value is -3.82. The van der Waals surface area contributed by atoms with Crippen LogP contribution in [-0.4, -0.2) is 35.3 Å². The molecule has 0 atom stereocenters. The lowest BCUT2D eigenvalue weighted by atomic mass is 10.2. The number of rotatable bonds is 5. The largest absolute Gasteiger partial charge is 0.387 e. The summed E-state index contributed by atoms with van der Waals surface area (Å²) in [5.41, 5.74) is 5.56. The molecule has 168 valence electrons. The second kappa shape index (κ2) is 8.19. The summed E-state index contributed by atoms with van der Waals surface area (Å²) in [4.78, 5) is 19.7. The second-order valence-electron chi connectivity index (χ2n) is 7.81. The van der Waals surface area contributed by atoms with E-state index in [4.69, 9.17) is 31.4 Å². The Bertz CT molecular complexity index is 1670. The summed E-state index contributed by atoms with van der Waals surface area (Å²) in [7, 11) is 0. The number of nitrogens with zero attached hydrogens (tertiary/aromatic N) is 7. The quantitative estimate of drug-likeness (QED) is 0.237. The third kappa shape index (κ3) is 3.49. The van der Waals surface area contributed by atoms with E-state index in [0.717, 1.165) is 48.8 Å². The van der Waals surface area contributed by atoms with Crippen molar-refractivity contribution in [3.63, 3.8) is 0 Å². The van der Waals surface area contributed by atoms with Crippen LogP contribution in [0.2, 0.25) is 5.02 Å². The number of halogens is 1. The molecule has 0 amide bonds. The highest BCUT2D eigenvalue weighted by molar-refractivity contribution is 7.20. The second-order valence-corrected chi connectivity index (χ2v) is 9.25. The molecule has 4 heterocycles. The van der Waals surface area contributed by atoms with Gasteiger partial charge in [-0.2, -0.15) is 0 Å². The Balaban J connectivity index is 1.34. The van der Waals surface area contributed by atoms with Gasteiger partial charge in [0.05, 0.1) is 21.8 Å². The van der Waals surface area contributed by atoms with E-state index < -0.39 is 0 Å². The molecule has 0 radical (unpaired) electrons. The number of aryl methyl sites for hydroxylation is 1. The van der Waals surface area contributed by atoms with Gasteiger partial charge in [0.1, 0.15) is 6.33 Å². The minimum atomic E-state index is 0.143. The summed E-state index contributed by atoms with van der Waals surface area (Å²) >= 11 is 7.55. The Labute approximate surface area is 203 Å². The monoisotopic (exact) mass is 487 g/mol. The summed E-state index contributed by atoms with van der Waals surface area (Å²) in [6.45, 7) is 4.29. The highest BCUT2D eigenvalue weighted by Gasteiger charge is 2.20. The van der Waals surface area contributed by atoms with Crippen molar-refractivity contribution in [2.75, 3.05) is 0 Å². The number of fused-ring (bicyclic) bond motifs is 4. The van der Waals surface area contributed by atoms with Crippen LogP contribution in [0.15, 0.2) is 60.0 Å². The Morgan fingerprint density at radius 3 is 2.71 bits per heavy atom. The number of hydrogen-bond acceptors (Lipinski definition) is 7.